The first-order chi connectivity index (χ1) is 12.0. The molecule has 4 rings (SSSR count). The molecular formula is C19H25N3O3. The maximum atomic E-state index is 12.5. The zero-order chi connectivity index (χ0) is 17.6. The summed E-state index contributed by atoms with van der Waals surface area (Å²) in [6.45, 7) is 3.43. The Balaban J connectivity index is 1.64. The van der Waals surface area contributed by atoms with Gasteiger partial charge in [0.25, 0.3) is 5.56 Å². The second-order valence-electron chi connectivity index (χ2n) is 7.38. The number of nitrogens with zero attached hydrogens (tertiary/aromatic N) is 3. The summed E-state index contributed by atoms with van der Waals surface area (Å²) in [5.74, 6) is 0. The molecule has 1 saturated heterocycles. The quantitative estimate of drug-likeness (QED) is 0.915. The van der Waals surface area contributed by atoms with Crippen LogP contribution in [0.3, 0.4) is 0 Å². The molecule has 1 aliphatic heterocycles. The van der Waals surface area contributed by atoms with E-state index in [1.54, 1.807) is 17.6 Å². The molecule has 0 unspecified atom stereocenters. The van der Waals surface area contributed by atoms with Gasteiger partial charge in [-0.15, -0.1) is 0 Å². The van der Waals surface area contributed by atoms with Crippen molar-refractivity contribution in [1.82, 2.24) is 14.3 Å². The summed E-state index contributed by atoms with van der Waals surface area (Å²) in [5.41, 5.74) is 2.14. The highest BCUT2D eigenvalue weighted by Crippen LogP contribution is 2.42. The first-order valence-corrected chi connectivity index (χ1v) is 8.98. The molecule has 6 heteroatoms. The van der Waals surface area contributed by atoms with E-state index in [0.717, 1.165) is 43.6 Å². The predicted molar refractivity (Wildman–Crippen MR) is 94.6 cm³/mol. The largest absolute Gasteiger partial charge is 0.393 e. The number of hydrogen-bond acceptors (Lipinski definition) is 5. The fourth-order valence-electron chi connectivity index (χ4n) is 4.61. The highest BCUT2D eigenvalue weighted by atomic mass is 16.5. The van der Waals surface area contributed by atoms with Crippen LogP contribution in [0.15, 0.2) is 29.1 Å². The summed E-state index contributed by atoms with van der Waals surface area (Å²) in [5, 5.41) is 10.1. The van der Waals surface area contributed by atoms with E-state index in [4.69, 9.17) is 4.74 Å². The van der Waals surface area contributed by atoms with E-state index in [2.05, 4.69) is 9.88 Å². The van der Waals surface area contributed by atoms with Gasteiger partial charge in [0.05, 0.1) is 17.4 Å². The number of aromatic nitrogens is 2. The van der Waals surface area contributed by atoms with Gasteiger partial charge >= 0.3 is 0 Å². The Morgan fingerprint density at radius 3 is 3.04 bits per heavy atom. The number of pyridine rings is 1. The van der Waals surface area contributed by atoms with Crippen LogP contribution in [0.5, 0.6) is 0 Å². The zero-order valence-electron chi connectivity index (χ0n) is 14.8. The lowest BCUT2D eigenvalue weighted by Gasteiger charge is -2.42. The van der Waals surface area contributed by atoms with E-state index < -0.39 is 0 Å². The predicted octanol–water partition coefficient (Wildman–Crippen LogP) is 1.51. The Kier molecular flexibility index (Phi) is 4.14. The van der Waals surface area contributed by atoms with Gasteiger partial charge in [0.15, 0.2) is 0 Å². The van der Waals surface area contributed by atoms with Crippen molar-refractivity contribution in [2.75, 3.05) is 13.7 Å². The third kappa shape index (κ3) is 2.78. The van der Waals surface area contributed by atoms with Gasteiger partial charge in [0.1, 0.15) is 5.65 Å². The number of hydrogen-bond donors (Lipinski definition) is 1. The second-order valence-corrected chi connectivity index (χ2v) is 7.38. The molecule has 2 aromatic heterocycles. The number of aryl methyl sites for hydroxylation is 1. The Bertz CT molecular complexity index is 849. The summed E-state index contributed by atoms with van der Waals surface area (Å²) in [4.78, 5) is 19.5. The van der Waals surface area contributed by atoms with Crippen molar-refractivity contribution in [2.24, 2.45) is 0 Å². The highest BCUT2D eigenvalue weighted by Gasteiger charge is 2.50. The zero-order valence-corrected chi connectivity index (χ0v) is 14.8. The molecule has 2 fully saturated rings. The molecule has 1 aliphatic carbocycles. The molecule has 0 radical (unpaired) electrons. The first-order valence-electron chi connectivity index (χ1n) is 8.98. The van der Waals surface area contributed by atoms with Gasteiger partial charge in [0.2, 0.25) is 0 Å². The minimum Gasteiger partial charge on any atom is -0.393 e. The average molecular weight is 343 g/mol. The maximum Gasteiger partial charge on any atom is 0.258 e. The third-order valence-electron chi connectivity index (χ3n) is 5.97. The van der Waals surface area contributed by atoms with E-state index in [0.29, 0.717) is 12.2 Å². The number of rotatable bonds is 3. The van der Waals surface area contributed by atoms with Gasteiger partial charge in [-0.3, -0.25) is 14.1 Å². The Hall–Kier alpha value is -1.76. The van der Waals surface area contributed by atoms with Crippen LogP contribution in [0.2, 0.25) is 0 Å². The van der Waals surface area contributed by atoms with Crippen molar-refractivity contribution in [3.05, 3.63) is 46.0 Å². The molecular weight excluding hydrogens is 318 g/mol. The van der Waals surface area contributed by atoms with Crippen LogP contribution in [0.4, 0.5) is 0 Å². The number of aliphatic hydroxyl groups is 1. The van der Waals surface area contributed by atoms with E-state index in [9.17, 15) is 9.90 Å². The maximum absolute atomic E-state index is 12.5. The Labute approximate surface area is 147 Å². The molecule has 0 aromatic carbocycles. The lowest BCUT2D eigenvalue weighted by atomic mass is 9.79. The number of ether oxygens (including phenoxy) is 1. The van der Waals surface area contributed by atoms with Crippen molar-refractivity contribution in [3.8, 4) is 0 Å². The second kappa shape index (κ2) is 6.20. The molecule has 0 amide bonds. The van der Waals surface area contributed by atoms with Gasteiger partial charge in [-0.05, 0) is 44.7 Å². The van der Waals surface area contributed by atoms with Crippen LogP contribution in [0, 0.1) is 6.92 Å². The van der Waals surface area contributed by atoms with Gasteiger partial charge < -0.3 is 9.84 Å². The van der Waals surface area contributed by atoms with E-state index in [1.807, 2.05) is 25.1 Å². The van der Waals surface area contributed by atoms with Gasteiger partial charge in [0, 0.05) is 38.0 Å². The molecule has 3 heterocycles. The van der Waals surface area contributed by atoms with Crippen LogP contribution < -0.4 is 5.56 Å². The standard InChI is InChI=1S/C19H25N3O3/c1-13-4-3-5-17-20-14(10-18(24)22(13)17)12-21-9-8-19(25-2)7-6-15(23)11-16(19)21/h3-5,10,15-16,23H,6-9,11-12H2,1-2H3/t15-,16+,19-/m1/s1. The van der Waals surface area contributed by atoms with Crippen LogP contribution in [0.25, 0.3) is 5.65 Å². The van der Waals surface area contributed by atoms with Crippen molar-refractivity contribution in [2.45, 2.75) is 56.9 Å². The number of aliphatic hydroxyl groups excluding tert-OH is 1. The van der Waals surface area contributed by atoms with Crippen molar-refractivity contribution < 1.29 is 9.84 Å². The minimum atomic E-state index is -0.272. The molecule has 0 bridgehead atoms. The van der Waals surface area contributed by atoms with Crippen LogP contribution in [-0.2, 0) is 11.3 Å². The average Bonchev–Trinajstić information content (AvgIpc) is 2.93. The molecule has 1 saturated carbocycles. The first kappa shape index (κ1) is 16.7. The minimum absolute atomic E-state index is 0.0426. The Morgan fingerprint density at radius 2 is 2.24 bits per heavy atom. The SMILES string of the molecule is CO[C@@]12CC[C@@H](O)C[C@@H]1N(Cc1cc(=O)n3c(C)cccc3n1)CC2. The smallest absolute Gasteiger partial charge is 0.258 e. The van der Waals surface area contributed by atoms with Crippen molar-refractivity contribution in [1.29, 1.82) is 0 Å². The highest BCUT2D eigenvalue weighted by molar-refractivity contribution is 5.40. The molecule has 134 valence electrons. The monoisotopic (exact) mass is 343 g/mol. The van der Waals surface area contributed by atoms with E-state index in [-0.39, 0.29) is 23.3 Å². The van der Waals surface area contributed by atoms with E-state index in [1.165, 1.54) is 0 Å². The van der Waals surface area contributed by atoms with Crippen LogP contribution in [-0.4, -0.2) is 50.8 Å². The molecule has 0 spiro atoms. The van der Waals surface area contributed by atoms with E-state index >= 15 is 0 Å². The van der Waals surface area contributed by atoms with Crippen molar-refractivity contribution >= 4 is 5.65 Å². The third-order valence-corrected chi connectivity index (χ3v) is 5.97. The summed E-state index contributed by atoms with van der Waals surface area (Å²) in [6, 6.07) is 7.51. The molecule has 3 atom stereocenters. The van der Waals surface area contributed by atoms with Gasteiger partial charge in [-0.1, -0.05) is 6.07 Å². The number of fused-ring (bicyclic) bond motifs is 2. The van der Waals surface area contributed by atoms with Gasteiger partial charge in [-0.25, -0.2) is 4.98 Å². The topological polar surface area (TPSA) is 67.1 Å². The fourth-order valence-corrected chi connectivity index (χ4v) is 4.61. The van der Waals surface area contributed by atoms with Gasteiger partial charge in [-0.2, -0.15) is 0 Å². The van der Waals surface area contributed by atoms with Crippen LogP contribution >= 0.6 is 0 Å². The molecule has 1 N–H and O–H groups in total. The van der Waals surface area contributed by atoms with Crippen LogP contribution in [0.1, 0.15) is 37.1 Å². The molecule has 2 aromatic rings. The summed E-state index contributed by atoms with van der Waals surface area (Å²) >= 11 is 0. The summed E-state index contributed by atoms with van der Waals surface area (Å²) < 4.78 is 7.53. The molecule has 6 nitrogen and oxygen atoms in total. The number of likely N-dealkylation sites (tertiary alicyclic amines) is 1. The Morgan fingerprint density at radius 1 is 1.40 bits per heavy atom. The summed E-state index contributed by atoms with van der Waals surface area (Å²) in [7, 11) is 1.78. The fraction of sp³-hybridized carbons (Fsp3) is 0.579. The van der Waals surface area contributed by atoms with Crippen molar-refractivity contribution in [3.63, 3.8) is 0 Å². The lowest BCUT2D eigenvalue weighted by molar-refractivity contribution is -0.0880. The lowest BCUT2D eigenvalue weighted by Crippen LogP contribution is -2.51. The molecule has 25 heavy (non-hydrogen) atoms. The summed E-state index contributed by atoms with van der Waals surface area (Å²) in [6.07, 6.45) is 3.10. The normalized spacial score (nSPS) is 29.9. The molecule has 2 aliphatic rings. The number of methoxy groups -OCH3 is 1.